The van der Waals surface area contributed by atoms with E-state index in [1.807, 2.05) is 30.3 Å². The molecule has 2 N–H and O–H groups in total. The zero-order chi connectivity index (χ0) is 11.6. The van der Waals surface area contributed by atoms with Gasteiger partial charge in [0.15, 0.2) is 0 Å². The Labute approximate surface area is 95.7 Å². The summed E-state index contributed by atoms with van der Waals surface area (Å²) in [4.78, 5) is 11.2. The summed E-state index contributed by atoms with van der Waals surface area (Å²) >= 11 is 0. The fraction of sp³-hybridized carbons (Fsp3) is 0.333. The van der Waals surface area contributed by atoms with E-state index in [4.69, 9.17) is 0 Å². The number of carbonyl (C=O) groups is 1. The number of nitrogens with one attached hydrogen (secondary N) is 2. The number of urea groups is 1. The summed E-state index contributed by atoms with van der Waals surface area (Å²) in [6.45, 7) is 2.76. The third-order valence-electron chi connectivity index (χ3n) is 2.00. The largest absolute Gasteiger partial charge is 0.337 e. The van der Waals surface area contributed by atoms with Crippen LogP contribution in [-0.4, -0.2) is 18.8 Å². The van der Waals surface area contributed by atoms with Gasteiger partial charge in [-0.05, 0) is 12.0 Å². The molecular formula is C12H17N3O. The minimum Gasteiger partial charge on any atom is -0.337 e. The number of hydrogen-bond acceptors (Lipinski definition) is 2. The van der Waals surface area contributed by atoms with E-state index in [0.717, 1.165) is 18.4 Å². The van der Waals surface area contributed by atoms with Crippen molar-refractivity contribution in [2.75, 3.05) is 6.54 Å². The predicted molar refractivity (Wildman–Crippen MR) is 65.5 cm³/mol. The lowest BCUT2D eigenvalue weighted by molar-refractivity contribution is 0.241. The first-order valence-corrected chi connectivity index (χ1v) is 5.45. The first kappa shape index (κ1) is 12.2. The zero-order valence-electron chi connectivity index (χ0n) is 9.44. The van der Waals surface area contributed by atoms with Crippen molar-refractivity contribution in [2.24, 2.45) is 5.10 Å². The van der Waals surface area contributed by atoms with Crippen LogP contribution in [0.4, 0.5) is 4.79 Å². The smallest absolute Gasteiger partial charge is 0.335 e. The maximum absolute atomic E-state index is 11.2. The number of nitrogens with zero attached hydrogens (tertiary/aromatic N) is 1. The van der Waals surface area contributed by atoms with Crippen molar-refractivity contribution in [1.29, 1.82) is 0 Å². The molecule has 0 unspecified atom stereocenters. The maximum atomic E-state index is 11.2. The number of rotatable bonds is 5. The molecule has 16 heavy (non-hydrogen) atoms. The highest BCUT2D eigenvalue weighted by Gasteiger charge is 1.94. The highest BCUT2D eigenvalue weighted by Crippen LogP contribution is 1.92. The number of carbonyl (C=O) groups excluding carboxylic acids is 1. The molecule has 4 heteroatoms. The molecule has 0 aromatic heterocycles. The fourth-order valence-corrected chi connectivity index (χ4v) is 1.12. The van der Waals surface area contributed by atoms with Gasteiger partial charge in [-0.25, -0.2) is 10.2 Å². The summed E-state index contributed by atoms with van der Waals surface area (Å²) in [6.07, 6.45) is 3.66. The molecule has 1 aromatic rings. The second-order valence-corrected chi connectivity index (χ2v) is 3.39. The highest BCUT2D eigenvalue weighted by atomic mass is 16.2. The number of hydrazone groups is 1. The molecule has 0 saturated heterocycles. The molecular weight excluding hydrogens is 202 g/mol. The summed E-state index contributed by atoms with van der Waals surface area (Å²) in [7, 11) is 0. The lowest BCUT2D eigenvalue weighted by Crippen LogP contribution is -2.32. The summed E-state index contributed by atoms with van der Waals surface area (Å²) in [5, 5.41) is 6.54. The predicted octanol–water partition coefficient (Wildman–Crippen LogP) is 2.12. The van der Waals surface area contributed by atoms with E-state index in [2.05, 4.69) is 22.8 Å². The van der Waals surface area contributed by atoms with Crippen molar-refractivity contribution in [1.82, 2.24) is 10.7 Å². The molecule has 0 spiro atoms. The van der Waals surface area contributed by atoms with Crippen LogP contribution >= 0.6 is 0 Å². The summed E-state index contributed by atoms with van der Waals surface area (Å²) in [5.41, 5.74) is 3.36. The molecule has 0 fully saturated rings. The van der Waals surface area contributed by atoms with Crippen LogP contribution in [0.1, 0.15) is 25.3 Å². The third-order valence-corrected chi connectivity index (χ3v) is 2.00. The molecule has 0 aliphatic heterocycles. The van der Waals surface area contributed by atoms with Crippen molar-refractivity contribution >= 4 is 12.2 Å². The van der Waals surface area contributed by atoms with Crippen molar-refractivity contribution in [3.63, 3.8) is 0 Å². The van der Waals surface area contributed by atoms with Crippen LogP contribution in [0.15, 0.2) is 35.4 Å². The van der Waals surface area contributed by atoms with E-state index in [9.17, 15) is 4.79 Å². The van der Waals surface area contributed by atoms with Gasteiger partial charge in [0.05, 0.1) is 6.21 Å². The first-order chi connectivity index (χ1) is 7.83. The van der Waals surface area contributed by atoms with Gasteiger partial charge >= 0.3 is 6.03 Å². The van der Waals surface area contributed by atoms with E-state index in [1.54, 1.807) is 6.21 Å². The van der Waals surface area contributed by atoms with Gasteiger partial charge < -0.3 is 5.32 Å². The SMILES string of the molecule is CCCCNC(=O)N/N=C/c1ccccc1. The first-order valence-electron chi connectivity index (χ1n) is 5.45. The fourth-order valence-electron chi connectivity index (χ4n) is 1.12. The van der Waals surface area contributed by atoms with E-state index < -0.39 is 0 Å². The highest BCUT2D eigenvalue weighted by molar-refractivity contribution is 5.81. The van der Waals surface area contributed by atoms with Crippen molar-refractivity contribution in [3.05, 3.63) is 35.9 Å². The lowest BCUT2D eigenvalue weighted by atomic mass is 10.2. The molecule has 0 aliphatic carbocycles. The van der Waals surface area contributed by atoms with E-state index in [0.29, 0.717) is 6.54 Å². The molecule has 2 amide bonds. The van der Waals surface area contributed by atoms with Gasteiger partial charge in [-0.15, -0.1) is 0 Å². The molecule has 1 rings (SSSR count). The topological polar surface area (TPSA) is 53.5 Å². The molecule has 1 aromatic carbocycles. The average Bonchev–Trinajstić information content (AvgIpc) is 2.31. The Bertz CT molecular complexity index is 335. The Morgan fingerprint density at radius 1 is 1.38 bits per heavy atom. The quantitative estimate of drug-likeness (QED) is 0.445. The number of benzene rings is 1. The van der Waals surface area contributed by atoms with Crippen LogP contribution in [0.25, 0.3) is 0 Å². The zero-order valence-corrected chi connectivity index (χ0v) is 9.44. The van der Waals surface area contributed by atoms with Crippen LogP contribution in [0.2, 0.25) is 0 Å². The summed E-state index contributed by atoms with van der Waals surface area (Å²) in [5.74, 6) is 0. The van der Waals surface area contributed by atoms with E-state index >= 15 is 0 Å². The lowest BCUT2D eigenvalue weighted by Gasteiger charge is -2.01. The number of amides is 2. The van der Waals surface area contributed by atoms with Crippen LogP contribution in [0.3, 0.4) is 0 Å². The monoisotopic (exact) mass is 219 g/mol. The average molecular weight is 219 g/mol. The Morgan fingerprint density at radius 3 is 2.81 bits per heavy atom. The number of unbranched alkanes of at least 4 members (excludes halogenated alkanes) is 1. The van der Waals surface area contributed by atoms with Crippen LogP contribution in [0.5, 0.6) is 0 Å². The third kappa shape index (κ3) is 5.14. The van der Waals surface area contributed by atoms with Gasteiger partial charge in [0.25, 0.3) is 0 Å². The summed E-state index contributed by atoms with van der Waals surface area (Å²) < 4.78 is 0. The van der Waals surface area contributed by atoms with Crippen molar-refractivity contribution in [3.8, 4) is 0 Å². The minimum absolute atomic E-state index is 0.263. The van der Waals surface area contributed by atoms with Gasteiger partial charge in [-0.1, -0.05) is 43.7 Å². The maximum Gasteiger partial charge on any atom is 0.335 e. The van der Waals surface area contributed by atoms with Gasteiger partial charge in [0, 0.05) is 6.54 Å². The Hall–Kier alpha value is -1.84. The molecule has 0 bridgehead atoms. The van der Waals surface area contributed by atoms with Crippen molar-refractivity contribution < 1.29 is 4.79 Å². The molecule has 86 valence electrons. The minimum atomic E-state index is -0.263. The number of hydrogen-bond donors (Lipinski definition) is 2. The van der Waals surface area contributed by atoms with Crippen molar-refractivity contribution in [2.45, 2.75) is 19.8 Å². The Balaban J connectivity index is 2.24. The molecule has 0 radical (unpaired) electrons. The Morgan fingerprint density at radius 2 is 2.12 bits per heavy atom. The molecule has 0 aliphatic rings. The standard InChI is InChI=1S/C12H17N3O/c1-2-3-9-13-12(16)15-14-10-11-7-5-4-6-8-11/h4-8,10H,2-3,9H2,1H3,(H2,13,15,16)/b14-10+. The molecule has 0 saturated carbocycles. The van der Waals surface area contributed by atoms with Gasteiger partial charge in [-0.2, -0.15) is 5.10 Å². The molecule has 0 atom stereocenters. The van der Waals surface area contributed by atoms with Crippen LogP contribution in [-0.2, 0) is 0 Å². The summed E-state index contributed by atoms with van der Waals surface area (Å²) in [6, 6.07) is 9.34. The second kappa shape index (κ2) is 7.45. The molecule has 0 heterocycles. The van der Waals surface area contributed by atoms with Gasteiger partial charge in [0.1, 0.15) is 0 Å². The van der Waals surface area contributed by atoms with Crippen LogP contribution in [0, 0.1) is 0 Å². The Kier molecular flexibility index (Phi) is 5.70. The van der Waals surface area contributed by atoms with E-state index in [-0.39, 0.29) is 6.03 Å². The van der Waals surface area contributed by atoms with Gasteiger partial charge in [0.2, 0.25) is 0 Å². The van der Waals surface area contributed by atoms with Gasteiger partial charge in [-0.3, -0.25) is 0 Å². The molecule has 4 nitrogen and oxygen atoms in total. The van der Waals surface area contributed by atoms with Crippen LogP contribution < -0.4 is 10.7 Å². The normalized spacial score (nSPS) is 10.3. The van der Waals surface area contributed by atoms with E-state index in [1.165, 1.54) is 0 Å². The second-order valence-electron chi connectivity index (χ2n) is 3.39.